The summed E-state index contributed by atoms with van der Waals surface area (Å²) in [6, 6.07) is 6.87. The van der Waals surface area contributed by atoms with Gasteiger partial charge in [0.25, 0.3) is 5.91 Å². The monoisotopic (exact) mass is 336 g/mol. The minimum Gasteiger partial charge on any atom is -0.343 e. The number of benzene rings is 2. The van der Waals surface area contributed by atoms with Crippen LogP contribution in [0.4, 0.5) is 18.9 Å². The Bertz CT molecular complexity index is 807. The van der Waals surface area contributed by atoms with Gasteiger partial charge < -0.3 is 10.6 Å². The zero-order valence-electron chi connectivity index (χ0n) is 13.0. The number of rotatable bonds is 4. The second-order valence-corrected chi connectivity index (χ2v) is 5.27. The third kappa shape index (κ3) is 3.92. The van der Waals surface area contributed by atoms with Crippen molar-refractivity contribution in [1.29, 1.82) is 0 Å². The lowest BCUT2D eigenvalue weighted by Crippen LogP contribution is -2.33. The first-order chi connectivity index (χ1) is 11.3. The molecule has 2 aromatic rings. The molecule has 4 nitrogen and oxygen atoms in total. The minimum absolute atomic E-state index is 0.440. The van der Waals surface area contributed by atoms with Gasteiger partial charge in [-0.05, 0) is 37.6 Å². The van der Waals surface area contributed by atoms with Gasteiger partial charge in [0.05, 0.1) is 12.1 Å². The van der Waals surface area contributed by atoms with E-state index < -0.39 is 41.4 Å². The average Bonchev–Trinajstić information content (AvgIpc) is 2.53. The molecule has 2 amide bonds. The third-order valence-electron chi connectivity index (χ3n) is 3.35. The van der Waals surface area contributed by atoms with Crippen LogP contribution in [0.3, 0.4) is 0 Å². The molecule has 0 heterocycles. The van der Waals surface area contributed by atoms with Crippen LogP contribution in [0.1, 0.15) is 21.5 Å². The fourth-order valence-corrected chi connectivity index (χ4v) is 2.11. The number of anilines is 1. The molecule has 0 aliphatic carbocycles. The van der Waals surface area contributed by atoms with E-state index in [9.17, 15) is 22.8 Å². The van der Waals surface area contributed by atoms with Gasteiger partial charge in [-0.1, -0.05) is 17.7 Å². The summed E-state index contributed by atoms with van der Waals surface area (Å²) < 4.78 is 39.4. The van der Waals surface area contributed by atoms with Gasteiger partial charge in [-0.3, -0.25) is 9.59 Å². The summed E-state index contributed by atoms with van der Waals surface area (Å²) in [6.07, 6.45) is 0. The summed E-state index contributed by atoms with van der Waals surface area (Å²) in [5.74, 6) is -6.26. The van der Waals surface area contributed by atoms with E-state index in [-0.39, 0.29) is 0 Å². The predicted octanol–water partition coefficient (Wildman–Crippen LogP) is 3.09. The molecule has 0 saturated heterocycles. The van der Waals surface area contributed by atoms with Crippen molar-refractivity contribution in [3.8, 4) is 0 Å². The Morgan fingerprint density at radius 3 is 2.38 bits per heavy atom. The molecule has 0 radical (unpaired) electrons. The maximum Gasteiger partial charge on any atom is 0.254 e. The van der Waals surface area contributed by atoms with Gasteiger partial charge in [-0.25, -0.2) is 13.2 Å². The lowest BCUT2D eigenvalue weighted by atomic mass is 10.1. The number of hydrogen-bond donors (Lipinski definition) is 2. The van der Waals surface area contributed by atoms with E-state index in [0.29, 0.717) is 11.8 Å². The van der Waals surface area contributed by atoms with Crippen LogP contribution in [0.15, 0.2) is 30.3 Å². The van der Waals surface area contributed by atoms with E-state index in [4.69, 9.17) is 0 Å². The van der Waals surface area contributed by atoms with Crippen LogP contribution in [0, 0.1) is 31.3 Å². The van der Waals surface area contributed by atoms with Crippen LogP contribution >= 0.6 is 0 Å². The van der Waals surface area contributed by atoms with Gasteiger partial charge >= 0.3 is 0 Å². The zero-order valence-corrected chi connectivity index (χ0v) is 13.0. The normalized spacial score (nSPS) is 10.4. The molecule has 0 aliphatic heterocycles. The summed E-state index contributed by atoms with van der Waals surface area (Å²) in [6.45, 7) is 3.29. The molecule has 126 valence electrons. The molecule has 0 saturated carbocycles. The Hall–Kier alpha value is -2.83. The SMILES string of the molecule is Cc1ccc(NC(=O)CNC(=O)c2ccc(F)c(F)c2F)c(C)c1. The molecule has 0 atom stereocenters. The molecule has 2 aromatic carbocycles. The van der Waals surface area contributed by atoms with Crippen molar-refractivity contribution < 1.29 is 22.8 Å². The van der Waals surface area contributed by atoms with Crippen molar-refractivity contribution >= 4 is 17.5 Å². The number of amides is 2. The number of hydrogen-bond acceptors (Lipinski definition) is 2. The maximum absolute atomic E-state index is 13.5. The average molecular weight is 336 g/mol. The van der Waals surface area contributed by atoms with Crippen molar-refractivity contribution in [2.24, 2.45) is 0 Å². The second kappa shape index (κ2) is 7.16. The van der Waals surface area contributed by atoms with Crippen LogP contribution in [0.2, 0.25) is 0 Å². The number of carbonyl (C=O) groups is 2. The van der Waals surface area contributed by atoms with Crippen LogP contribution in [0.5, 0.6) is 0 Å². The Labute approximate surface area is 136 Å². The largest absolute Gasteiger partial charge is 0.343 e. The molecule has 0 spiro atoms. The molecule has 0 fully saturated rings. The van der Waals surface area contributed by atoms with E-state index in [1.807, 2.05) is 26.0 Å². The Balaban J connectivity index is 1.99. The maximum atomic E-state index is 13.5. The van der Waals surface area contributed by atoms with E-state index in [0.717, 1.165) is 17.2 Å². The van der Waals surface area contributed by atoms with Crippen LogP contribution in [0.25, 0.3) is 0 Å². The van der Waals surface area contributed by atoms with Gasteiger partial charge in [-0.2, -0.15) is 0 Å². The molecule has 0 aromatic heterocycles. The quantitative estimate of drug-likeness (QED) is 0.843. The predicted molar refractivity (Wildman–Crippen MR) is 83.2 cm³/mol. The first-order valence-corrected chi connectivity index (χ1v) is 7.08. The molecule has 2 rings (SSSR count). The van der Waals surface area contributed by atoms with Gasteiger partial charge in [0.2, 0.25) is 5.91 Å². The van der Waals surface area contributed by atoms with Gasteiger partial charge in [-0.15, -0.1) is 0 Å². The molecular formula is C17H15F3N2O2. The molecule has 0 unspecified atom stereocenters. The molecular weight excluding hydrogens is 321 g/mol. The number of nitrogens with one attached hydrogen (secondary N) is 2. The number of halogens is 3. The van der Waals surface area contributed by atoms with Crippen LogP contribution in [-0.2, 0) is 4.79 Å². The zero-order chi connectivity index (χ0) is 17.9. The Morgan fingerprint density at radius 1 is 1.00 bits per heavy atom. The number of aryl methyl sites for hydroxylation is 2. The van der Waals surface area contributed by atoms with Crippen molar-refractivity contribution in [2.45, 2.75) is 13.8 Å². The van der Waals surface area contributed by atoms with E-state index in [2.05, 4.69) is 10.6 Å². The van der Waals surface area contributed by atoms with Crippen molar-refractivity contribution in [3.05, 3.63) is 64.5 Å². The highest BCUT2D eigenvalue weighted by molar-refractivity contribution is 5.99. The highest BCUT2D eigenvalue weighted by Crippen LogP contribution is 2.16. The fraction of sp³-hybridized carbons (Fsp3) is 0.176. The lowest BCUT2D eigenvalue weighted by molar-refractivity contribution is -0.115. The van der Waals surface area contributed by atoms with Gasteiger partial charge in [0.1, 0.15) is 0 Å². The lowest BCUT2D eigenvalue weighted by Gasteiger charge is -2.10. The summed E-state index contributed by atoms with van der Waals surface area (Å²) in [7, 11) is 0. The molecule has 24 heavy (non-hydrogen) atoms. The highest BCUT2D eigenvalue weighted by atomic mass is 19.2. The summed E-state index contributed by atoms with van der Waals surface area (Å²) in [4.78, 5) is 23.6. The minimum atomic E-state index is -1.73. The van der Waals surface area contributed by atoms with Crippen LogP contribution in [-0.4, -0.2) is 18.4 Å². The van der Waals surface area contributed by atoms with Crippen LogP contribution < -0.4 is 10.6 Å². The number of carbonyl (C=O) groups excluding carboxylic acids is 2. The van der Waals surface area contributed by atoms with Gasteiger partial charge in [0.15, 0.2) is 17.5 Å². The summed E-state index contributed by atoms with van der Waals surface area (Å²) >= 11 is 0. The molecule has 7 heteroatoms. The third-order valence-corrected chi connectivity index (χ3v) is 3.35. The van der Waals surface area contributed by atoms with Crippen molar-refractivity contribution in [3.63, 3.8) is 0 Å². The Morgan fingerprint density at radius 2 is 1.71 bits per heavy atom. The molecule has 0 bridgehead atoms. The summed E-state index contributed by atoms with van der Waals surface area (Å²) in [5.41, 5.74) is 1.79. The fourth-order valence-electron chi connectivity index (χ4n) is 2.11. The summed E-state index contributed by atoms with van der Waals surface area (Å²) in [5, 5.41) is 4.76. The highest BCUT2D eigenvalue weighted by Gasteiger charge is 2.19. The smallest absolute Gasteiger partial charge is 0.254 e. The first-order valence-electron chi connectivity index (χ1n) is 7.08. The van der Waals surface area contributed by atoms with E-state index >= 15 is 0 Å². The molecule has 2 N–H and O–H groups in total. The second-order valence-electron chi connectivity index (χ2n) is 5.27. The van der Waals surface area contributed by atoms with Crippen molar-refractivity contribution in [2.75, 3.05) is 11.9 Å². The van der Waals surface area contributed by atoms with E-state index in [1.54, 1.807) is 6.07 Å². The Kier molecular flexibility index (Phi) is 5.23. The standard InChI is InChI=1S/C17H15F3N2O2/c1-9-3-6-13(10(2)7-9)22-14(23)8-21-17(24)11-4-5-12(18)16(20)15(11)19/h3-7H,8H2,1-2H3,(H,21,24)(H,22,23). The first kappa shape index (κ1) is 17.5. The van der Waals surface area contributed by atoms with Gasteiger partial charge in [0, 0.05) is 5.69 Å². The van der Waals surface area contributed by atoms with E-state index in [1.165, 1.54) is 0 Å². The molecule has 0 aliphatic rings. The topological polar surface area (TPSA) is 58.2 Å². The van der Waals surface area contributed by atoms with Crippen molar-refractivity contribution in [1.82, 2.24) is 5.32 Å².